The number of nitrogens with zero attached hydrogens (tertiary/aromatic N) is 1. The standard InChI is InChI=1S/C15H8F11NO2S/c1-6-2-8(16)7(3-10(6)30(28)5-12(17,18)19)9-4-11(29-27-9)13(20,21)14(22,23)15(24,25)26/h2-4H,5H2,1H3. The van der Waals surface area contributed by atoms with E-state index in [1.807, 2.05) is 0 Å². The van der Waals surface area contributed by atoms with Crippen molar-refractivity contribution >= 4 is 11.2 Å². The summed E-state index contributed by atoms with van der Waals surface area (Å²) in [6, 6.07) is 0.966. The molecular formula is C15H8F11NO2S. The number of aromatic nitrogens is 1. The van der Waals surface area contributed by atoms with E-state index in [-0.39, 0.29) is 11.6 Å². The molecule has 0 aliphatic rings. The molecule has 15 heteroatoms. The highest BCUT2D eigenvalue weighted by molar-refractivity contribution is 7.91. The Balaban J connectivity index is 2.50. The minimum atomic E-state index is -6.67. The Morgan fingerprint density at radius 1 is 0.967 bits per heavy atom. The minimum Gasteiger partial charge on any atom is -0.611 e. The quantitative estimate of drug-likeness (QED) is 0.409. The number of hydrogen-bond donors (Lipinski definition) is 0. The monoisotopic (exact) mass is 475 g/mol. The summed E-state index contributed by atoms with van der Waals surface area (Å²) in [5.41, 5.74) is -2.14. The maximum atomic E-state index is 14.1. The van der Waals surface area contributed by atoms with Gasteiger partial charge in [-0.25, -0.2) is 4.39 Å². The lowest BCUT2D eigenvalue weighted by Gasteiger charge is -2.25. The first-order valence-electron chi connectivity index (χ1n) is 7.43. The van der Waals surface area contributed by atoms with Crippen LogP contribution in [0.1, 0.15) is 11.3 Å². The molecule has 30 heavy (non-hydrogen) atoms. The lowest BCUT2D eigenvalue weighted by atomic mass is 10.1. The molecule has 0 spiro atoms. The van der Waals surface area contributed by atoms with Crippen LogP contribution in [0.3, 0.4) is 0 Å². The first-order chi connectivity index (χ1) is 13.4. The number of hydrogen-bond acceptors (Lipinski definition) is 3. The molecule has 1 atom stereocenters. The van der Waals surface area contributed by atoms with Gasteiger partial charge in [0.05, 0.1) is 0 Å². The average Bonchev–Trinajstić information content (AvgIpc) is 3.02. The molecule has 0 aliphatic heterocycles. The zero-order valence-electron chi connectivity index (χ0n) is 14.3. The summed E-state index contributed by atoms with van der Waals surface area (Å²) >= 11 is -2.76. The van der Waals surface area contributed by atoms with Gasteiger partial charge in [-0.15, -0.1) is 0 Å². The average molecular weight is 475 g/mol. The smallest absolute Gasteiger partial charge is 0.460 e. The molecule has 168 valence electrons. The summed E-state index contributed by atoms with van der Waals surface area (Å²) < 4.78 is 157. The number of alkyl halides is 10. The number of aryl methyl sites for hydroxylation is 1. The van der Waals surface area contributed by atoms with Gasteiger partial charge in [0.1, 0.15) is 11.5 Å². The second kappa shape index (κ2) is 7.59. The first kappa shape index (κ1) is 24.2. The van der Waals surface area contributed by atoms with E-state index < -0.39 is 68.9 Å². The number of benzene rings is 1. The zero-order chi connectivity index (χ0) is 23.3. The van der Waals surface area contributed by atoms with Gasteiger partial charge in [-0.1, -0.05) is 5.16 Å². The maximum absolute atomic E-state index is 14.1. The molecule has 0 N–H and O–H groups in total. The van der Waals surface area contributed by atoms with Crippen molar-refractivity contribution in [3.05, 3.63) is 35.3 Å². The van der Waals surface area contributed by atoms with Crippen molar-refractivity contribution in [1.29, 1.82) is 0 Å². The third kappa shape index (κ3) is 4.50. The minimum absolute atomic E-state index is 0.121. The fourth-order valence-corrected chi connectivity index (χ4v) is 3.32. The van der Waals surface area contributed by atoms with Crippen molar-refractivity contribution in [1.82, 2.24) is 5.16 Å². The van der Waals surface area contributed by atoms with Crippen LogP contribution in [0.25, 0.3) is 11.3 Å². The Bertz CT molecular complexity index is 920. The maximum Gasteiger partial charge on any atom is 0.460 e. The Kier molecular flexibility index (Phi) is 6.13. The van der Waals surface area contributed by atoms with Crippen LogP contribution in [0.5, 0.6) is 0 Å². The molecule has 2 aromatic rings. The largest absolute Gasteiger partial charge is 0.611 e. The molecule has 0 fully saturated rings. The van der Waals surface area contributed by atoms with Gasteiger partial charge in [0.25, 0.3) is 0 Å². The van der Waals surface area contributed by atoms with Crippen molar-refractivity contribution in [3.63, 3.8) is 0 Å². The summed E-state index contributed by atoms with van der Waals surface area (Å²) in [6.07, 6.45) is -11.5. The normalized spacial score (nSPS) is 14.8. The molecule has 0 aliphatic carbocycles. The number of halogens is 11. The molecule has 3 nitrogen and oxygen atoms in total. The third-order valence-corrected chi connectivity index (χ3v) is 5.17. The van der Waals surface area contributed by atoms with E-state index in [1.165, 1.54) is 0 Å². The Morgan fingerprint density at radius 2 is 1.53 bits per heavy atom. The van der Waals surface area contributed by atoms with Crippen LogP contribution in [0.4, 0.5) is 48.3 Å². The summed E-state index contributed by atoms with van der Waals surface area (Å²) in [5.74, 6) is -17.9. The molecule has 0 saturated carbocycles. The molecule has 1 aromatic heterocycles. The van der Waals surface area contributed by atoms with Crippen LogP contribution in [0.2, 0.25) is 0 Å². The van der Waals surface area contributed by atoms with Gasteiger partial charge >= 0.3 is 24.2 Å². The highest BCUT2D eigenvalue weighted by Gasteiger charge is 2.75. The Morgan fingerprint density at radius 3 is 2.03 bits per heavy atom. The lowest BCUT2D eigenvalue weighted by Crippen LogP contribution is -2.49. The van der Waals surface area contributed by atoms with Gasteiger partial charge in [0, 0.05) is 23.3 Å². The van der Waals surface area contributed by atoms with Crippen LogP contribution >= 0.6 is 0 Å². The van der Waals surface area contributed by atoms with Crippen LogP contribution in [0, 0.1) is 12.7 Å². The summed E-state index contributed by atoms with van der Waals surface area (Å²) in [5, 5.41) is 2.80. The van der Waals surface area contributed by atoms with Crippen molar-refractivity contribution in [2.45, 2.75) is 36.0 Å². The van der Waals surface area contributed by atoms with E-state index in [1.54, 1.807) is 0 Å². The second-order valence-corrected chi connectivity index (χ2v) is 7.35. The molecule has 1 aromatic carbocycles. The molecule has 1 heterocycles. The molecule has 2 rings (SSSR count). The van der Waals surface area contributed by atoms with E-state index in [9.17, 15) is 52.8 Å². The zero-order valence-corrected chi connectivity index (χ0v) is 15.1. The highest BCUT2D eigenvalue weighted by Crippen LogP contribution is 2.52. The van der Waals surface area contributed by atoms with Crippen LogP contribution in [-0.4, -0.2) is 33.7 Å². The molecule has 0 radical (unpaired) electrons. The second-order valence-electron chi connectivity index (χ2n) is 5.93. The van der Waals surface area contributed by atoms with Crippen molar-refractivity contribution in [3.8, 4) is 11.3 Å². The van der Waals surface area contributed by atoms with Gasteiger partial charge in [0.15, 0.2) is 4.90 Å². The van der Waals surface area contributed by atoms with Crippen LogP contribution < -0.4 is 0 Å². The molecule has 0 bridgehead atoms. The van der Waals surface area contributed by atoms with E-state index in [2.05, 4.69) is 9.68 Å². The first-order valence-corrected chi connectivity index (χ1v) is 8.75. The molecule has 1 unspecified atom stereocenters. The SMILES string of the molecule is Cc1cc(F)c(-c2cc(C(F)(F)C(F)(F)C(F)(F)F)on2)cc1[S+]([O-])CC(F)(F)F. The van der Waals surface area contributed by atoms with Crippen molar-refractivity contribution in [2.75, 3.05) is 5.75 Å². The van der Waals surface area contributed by atoms with E-state index in [0.29, 0.717) is 12.1 Å². The fraction of sp³-hybridized carbons (Fsp3) is 0.400. The van der Waals surface area contributed by atoms with Gasteiger partial charge in [-0.3, -0.25) is 0 Å². The predicted molar refractivity (Wildman–Crippen MR) is 78.9 cm³/mol. The van der Waals surface area contributed by atoms with Crippen LogP contribution in [-0.2, 0) is 17.1 Å². The highest BCUT2D eigenvalue weighted by atomic mass is 32.2. The molecule has 0 amide bonds. The van der Waals surface area contributed by atoms with E-state index >= 15 is 0 Å². The van der Waals surface area contributed by atoms with E-state index in [0.717, 1.165) is 6.92 Å². The molecular weight excluding hydrogens is 467 g/mol. The fourth-order valence-electron chi connectivity index (χ4n) is 2.20. The molecule has 0 saturated heterocycles. The van der Waals surface area contributed by atoms with E-state index in [4.69, 9.17) is 0 Å². The third-order valence-electron chi connectivity index (χ3n) is 3.65. The predicted octanol–water partition coefficient (Wildman–Crippen LogP) is 5.75. The number of rotatable bonds is 5. The van der Waals surface area contributed by atoms with Gasteiger partial charge < -0.3 is 9.08 Å². The van der Waals surface area contributed by atoms with Gasteiger partial charge in [-0.2, -0.15) is 43.9 Å². The topological polar surface area (TPSA) is 49.1 Å². The van der Waals surface area contributed by atoms with Crippen LogP contribution in [0.15, 0.2) is 27.6 Å². The van der Waals surface area contributed by atoms with Gasteiger partial charge in [0.2, 0.25) is 11.5 Å². The Labute approximate surface area is 163 Å². The van der Waals surface area contributed by atoms with Crippen molar-refractivity contribution in [2.24, 2.45) is 0 Å². The summed E-state index contributed by atoms with van der Waals surface area (Å²) in [6.45, 7) is 1.09. The lowest BCUT2D eigenvalue weighted by molar-refractivity contribution is -0.363. The van der Waals surface area contributed by atoms with Crippen molar-refractivity contribution < 1.29 is 57.4 Å². The van der Waals surface area contributed by atoms with Gasteiger partial charge in [-0.05, 0) is 24.2 Å². The summed E-state index contributed by atoms with van der Waals surface area (Å²) in [7, 11) is 0. The Hall–Kier alpha value is -2.03. The summed E-state index contributed by atoms with van der Waals surface area (Å²) in [4.78, 5) is -0.583.